The zero-order valence-corrected chi connectivity index (χ0v) is 27.8. The lowest BCUT2D eigenvalue weighted by Crippen LogP contribution is -2.50. The molecule has 2 heterocycles. The van der Waals surface area contributed by atoms with Gasteiger partial charge in [0, 0.05) is 50.6 Å². The fourth-order valence-corrected chi connectivity index (χ4v) is 6.01. The summed E-state index contributed by atoms with van der Waals surface area (Å²) in [6.07, 6.45) is -6.37. The van der Waals surface area contributed by atoms with Gasteiger partial charge in [0.25, 0.3) is 0 Å². The maximum atomic E-state index is 15.5. The van der Waals surface area contributed by atoms with Gasteiger partial charge in [-0.1, -0.05) is 12.0 Å². The number of primary sulfonamides is 1. The Hall–Kier alpha value is -4.53. The number of nitrogens with two attached hydrogens (primary N) is 1. The number of anilines is 2. The van der Waals surface area contributed by atoms with Crippen LogP contribution in [0.2, 0.25) is 0 Å². The van der Waals surface area contributed by atoms with Gasteiger partial charge in [0.05, 0.1) is 41.5 Å². The van der Waals surface area contributed by atoms with Gasteiger partial charge in [-0.2, -0.15) is 13.2 Å². The van der Waals surface area contributed by atoms with Gasteiger partial charge in [-0.3, -0.25) is 14.5 Å². The molecule has 17 heteroatoms. The molecule has 0 amide bonds. The van der Waals surface area contributed by atoms with E-state index in [1.807, 2.05) is 0 Å². The van der Waals surface area contributed by atoms with E-state index < -0.39 is 53.0 Å². The minimum absolute atomic E-state index is 0.0141. The molecule has 3 aromatic rings. The number of carbonyl (C=O) groups is 2. The van der Waals surface area contributed by atoms with E-state index in [1.54, 1.807) is 17.0 Å². The van der Waals surface area contributed by atoms with Crippen LogP contribution in [0, 0.1) is 11.8 Å². The zero-order valence-electron chi connectivity index (χ0n) is 27.0. The molecule has 1 aromatic heterocycles. The van der Waals surface area contributed by atoms with Crippen molar-refractivity contribution in [2.45, 2.75) is 56.2 Å². The van der Waals surface area contributed by atoms with Crippen LogP contribution in [0.3, 0.4) is 0 Å². The second kappa shape index (κ2) is 15.8. The van der Waals surface area contributed by atoms with Crippen LogP contribution >= 0.6 is 0 Å². The molecule has 3 atom stereocenters. The van der Waals surface area contributed by atoms with Crippen molar-refractivity contribution in [1.82, 2.24) is 9.47 Å². The van der Waals surface area contributed by atoms with Crippen molar-refractivity contribution in [2.75, 3.05) is 50.5 Å². The molecular formula is C32H37F4N5O7S. The summed E-state index contributed by atoms with van der Waals surface area (Å²) < 4.78 is 96.2. The standard InChI is InChI=1S/C32H37F4N5O7S/c1-20(42)47-18-23(48-21(2)43)16-40-13-11-28(26(33)17-40)39-27-7-4-8-30-25(27)14-22(41(30)19-32(34,35)36)6-5-12-38-29-10-9-24(49(37,44)45)15-31(29)46-3/h4,7-10,14-15,23,26,28,38-39H,11-13,16-19H2,1-3H3,(H2,37,44,45). The van der Waals surface area contributed by atoms with Crippen molar-refractivity contribution in [3.63, 3.8) is 0 Å². The number of alkyl halides is 4. The molecule has 0 spiro atoms. The first-order chi connectivity index (χ1) is 23.0. The lowest BCUT2D eigenvalue weighted by molar-refractivity contribution is -0.157. The highest BCUT2D eigenvalue weighted by molar-refractivity contribution is 7.89. The van der Waals surface area contributed by atoms with Crippen LogP contribution in [-0.4, -0.2) is 94.2 Å². The number of carbonyl (C=O) groups excluding carboxylic acids is 2. The molecule has 4 rings (SSSR count). The Kier molecular flexibility index (Phi) is 12.0. The van der Waals surface area contributed by atoms with Crippen LogP contribution in [0.25, 0.3) is 10.9 Å². The van der Waals surface area contributed by atoms with Crippen LogP contribution in [0.15, 0.2) is 47.4 Å². The van der Waals surface area contributed by atoms with Gasteiger partial charge in [0.15, 0.2) is 0 Å². The number of ether oxygens (including phenoxy) is 3. The van der Waals surface area contributed by atoms with Crippen LogP contribution in [0.1, 0.15) is 26.0 Å². The predicted molar refractivity (Wildman–Crippen MR) is 173 cm³/mol. The molecular weight excluding hydrogens is 674 g/mol. The summed E-state index contributed by atoms with van der Waals surface area (Å²) in [7, 11) is -2.63. The average Bonchev–Trinajstić information content (AvgIpc) is 3.35. The molecule has 12 nitrogen and oxygen atoms in total. The van der Waals surface area contributed by atoms with E-state index in [0.717, 1.165) is 4.57 Å². The van der Waals surface area contributed by atoms with Crippen molar-refractivity contribution in [3.05, 3.63) is 48.2 Å². The summed E-state index contributed by atoms with van der Waals surface area (Å²) in [5, 5.41) is 11.7. The molecule has 3 unspecified atom stereocenters. The third-order valence-electron chi connectivity index (χ3n) is 7.60. The van der Waals surface area contributed by atoms with Gasteiger partial charge in [0.1, 0.15) is 31.2 Å². The largest absolute Gasteiger partial charge is 0.495 e. The lowest BCUT2D eigenvalue weighted by Gasteiger charge is -2.36. The molecule has 1 aliphatic heterocycles. The molecule has 4 N–H and O–H groups in total. The van der Waals surface area contributed by atoms with E-state index in [4.69, 9.17) is 19.3 Å². The molecule has 0 radical (unpaired) electrons. The number of sulfonamides is 1. The van der Waals surface area contributed by atoms with E-state index in [1.165, 1.54) is 51.3 Å². The van der Waals surface area contributed by atoms with Crippen molar-refractivity contribution < 1.29 is 49.8 Å². The third-order valence-corrected chi connectivity index (χ3v) is 8.51. The normalized spacial score (nSPS) is 17.5. The van der Waals surface area contributed by atoms with Crippen LogP contribution in [0.4, 0.5) is 28.9 Å². The summed E-state index contributed by atoms with van der Waals surface area (Å²) in [6, 6.07) is 9.56. The number of halogens is 4. The van der Waals surface area contributed by atoms with Crippen molar-refractivity contribution in [2.24, 2.45) is 5.14 Å². The maximum absolute atomic E-state index is 15.5. The minimum atomic E-state index is -4.56. The van der Waals surface area contributed by atoms with E-state index in [-0.39, 0.29) is 48.1 Å². The molecule has 0 aliphatic carbocycles. The number of benzene rings is 2. The van der Waals surface area contributed by atoms with Crippen molar-refractivity contribution in [1.29, 1.82) is 0 Å². The number of esters is 2. The van der Waals surface area contributed by atoms with Gasteiger partial charge in [-0.05, 0) is 42.7 Å². The Bertz CT molecular complexity index is 1840. The Morgan fingerprint density at radius 1 is 1.12 bits per heavy atom. The van der Waals surface area contributed by atoms with Crippen molar-refractivity contribution >= 4 is 44.2 Å². The average molecular weight is 712 g/mol. The second-order valence-corrected chi connectivity index (χ2v) is 12.9. The smallest absolute Gasteiger partial charge is 0.406 e. The summed E-state index contributed by atoms with van der Waals surface area (Å²) in [5.41, 5.74) is 1.16. The third kappa shape index (κ3) is 10.5. The Morgan fingerprint density at radius 2 is 1.88 bits per heavy atom. The number of nitrogens with zero attached hydrogens (tertiary/aromatic N) is 2. The fraction of sp³-hybridized carbons (Fsp3) is 0.438. The number of fused-ring (bicyclic) bond motifs is 1. The minimum Gasteiger partial charge on any atom is -0.495 e. The van der Waals surface area contributed by atoms with Gasteiger partial charge in [0.2, 0.25) is 10.0 Å². The van der Waals surface area contributed by atoms with Gasteiger partial charge >= 0.3 is 18.1 Å². The first-order valence-electron chi connectivity index (χ1n) is 15.1. The topological polar surface area (TPSA) is 154 Å². The first-order valence-corrected chi connectivity index (χ1v) is 16.6. The van der Waals surface area contributed by atoms with Gasteiger partial charge in [-0.25, -0.2) is 17.9 Å². The predicted octanol–water partition coefficient (Wildman–Crippen LogP) is 3.64. The first kappa shape index (κ1) is 37.3. The number of hydrogen-bond acceptors (Lipinski definition) is 10. The Morgan fingerprint density at radius 3 is 2.51 bits per heavy atom. The molecule has 2 aromatic carbocycles. The maximum Gasteiger partial charge on any atom is 0.406 e. The van der Waals surface area contributed by atoms with Crippen LogP contribution < -0.4 is 20.5 Å². The quantitative estimate of drug-likeness (QED) is 0.144. The highest BCUT2D eigenvalue weighted by Gasteiger charge is 2.33. The van der Waals surface area contributed by atoms with E-state index in [0.29, 0.717) is 29.7 Å². The number of likely N-dealkylation sites (tertiary alicyclic amines) is 1. The van der Waals surface area contributed by atoms with Crippen molar-refractivity contribution in [3.8, 4) is 17.6 Å². The summed E-state index contributed by atoms with van der Waals surface area (Å²) in [5.74, 6) is 4.66. The van der Waals surface area contributed by atoms with Crippen LogP contribution in [-0.2, 0) is 35.6 Å². The number of methoxy groups -OCH3 is 1. The number of nitrogens with one attached hydrogen (secondary N) is 2. The Balaban J connectivity index is 1.51. The van der Waals surface area contributed by atoms with Gasteiger partial charge in [-0.15, -0.1) is 0 Å². The molecule has 1 saturated heterocycles. The van der Waals surface area contributed by atoms with E-state index in [2.05, 4.69) is 22.5 Å². The highest BCUT2D eigenvalue weighted by atomic mass is 32.2. The molecule has 1 aliphatic rings. The molecule has 266 valence electrons. The monoisotopic (exact) mass is 711 g/mol. The summed E-state index contributed by atoms with van der Waals surface area (Å²) >= 11 is 0. The highest BCUT2D eigenvalue weighted by Crippen LogP contribution is 2.32. The van der Waals surface area contributed by atoms with Gasteiger partial charge < -0.3 is 29.4 Å². The Labute approximate surface area is 280 Å². The number of hydrogen-bond donors (Lipinski definition) is 3. The van der Waals surface area contributed by atoms with E-state index >= 15 is 4.39 Å². The lowest BCUT2D eigenvalue weighted by atomic mass is 10.0. The number of aromatic nitrogens is 1. The number of rotatable bonds is 12. The molecule has 49 heavy (non-hydrogen) atoms. The SMILES string of the molecule is COc1cc(S(N)(=O)=O)ccc1NCC#Cc1cc2c(NC3CCN(CC(COC(C)=O)OC(C)=O)CC3F)cccc2n1CC(F)(F)F. The summed E-state index contributed by atoms with van der Waals surface area (Å²) in [4.78, 5) is 24.3. The molecule has 1 fully saturated rings. The second-order valence-electron chi connectivity index (χ2n) is 11.4. The van der Waals surface area contributed by atoms with Crippen LogP contribution in [0.5, 0.6) is 5.75 Å². The molecule has 0 bridgehead atoms. The summed E-state index contributed by atoms with van der Waals surface area (Å²) in [6.45, 7) is 1.52. The fourth-order valence-electron chi connectivity index (χ4n) is 5.49. The number of piperidine rings is 1. The zero-order chi connectivity index (χ0) is 35.9. The van der Waals surface area contributed by atoms with E-state index in [9.17, 15) is 31.2 Å². The molecule has 0 saturated carbocycles.